The number of hydrogen-bond donors (Lipinski definition) is 0. The van der Waals surface area contributed by atoms with E-state index in [2.05, 4.69) is 32.9 Å². The molecule has 0 amide bonds. The van der Waals surface area contributed by atoms with Gasteiger partial charge in [0.15, 0.2) is 0 Å². The molecule has 0 heteroatoms. The van der Waals surface area contributed by atoms with Crippen LogP contribution in [0.25, 0.3) is 0 Å². The van der Waals surface area contributed by atoms with Crippen LogP contribution < -0.4 is 0 Å². The first-order valence-electron chi connectivity index (χ1n) is 2.85. The van der Waals surface area contributed by atoms with Crippen molar-refractivity contribution < 1.29 is 0 Å². The molecule has 0 saturated heterocycles. The Bertz CT molecular complexity index is 51.1. The van der Waals surface area contributed by atoms with E-state index < -0.39 is 0 Å². The SMILES string of the molecule is CC/C=[C]\C(C)C. The standard InChI is InChI=1S/C7H13/c1-4-5-6-7(2)3/h5,7H,4H2,1-3H3. The van der Waals surface area contributed by atoms with Crippen LogP contribution in [0.1, 0.15) is 27.2 Å². The zero-order valence-electron chi connectivity index (χ0n) is 5.36. The van der Waals surface area contributed by atoms with Gasteiger partial charge in [-0.1, -0.05) is 26.8 Å². The van der Waals surface area contributed by atoms with Gasteiger partial charge in [0, 0.05) is 0 Å². The van der Waals surface area contributed by atoms with Crippen molar-refractivity contribution in [1.82, 2.24) is 0 Å². The molecule has 0 aromatic rings. The molecule has 0 heterocycles. The molecule has 0 N–H and O–H groups in total. The summed E-state index contributed by atoms with van der Waals surface area (Å²) in [4.78, 5) is 0. The Morgan fingerprint density at radius 2 is 2.14 bits per heavy atom. The second kappa shape index (κ2) is 3.91. The second-order valence-electron chi connectivity index (χ2n) is 1.93. The van der Waals surface area contributed by atoms with Gasteiger partial charge in [0.2, 0.25) is 0 Å². The lowest BCUT2D eigenvalue weighted by Gasteiger charge is -1.87. The topological polar surface area (TPSA) is 0 Å². The first kappa shape index (κ1) is 6.74. The van der Waals surface area contributed by atoms with Crippen molar-refractivity contribution in [3.05, 3.63) is 12.2 Å². The van der Waals surface area contributed by atoms with Crippen LogP contribution >= 0.6 is 0 Å². The van der Waals surface area contributed by atoms with Crippen LogP contribution in [0.15, 0.2) is 6.08 Å². The van der Waals surface area contributed by atoms with Crippen molar-refractivity contribution in [3.8, 4) is 0 Å². The molecule has 7 heavy (non-hydrogen) atoms. The zero-order valence-corrected chi connectivity index (χ0v) is 5.36. The summed E-state index contributed by atoms with van der Waals surface area (Å²) in [5.41, 5.74) is 0. The molecule has 41 valence electrons. The van der Waals surface area contributed by atoms with Crippen molar-refractivity contribution in [1.29, 1.82) is 0 Å². The smallest absolute Gasteiger partial charge is 0.0219 e. The predicted molar refractivity (Wildman–Crippen MR) is 32.9 cm³/mol. The van der Waals surface area contributed by atoms with Gasteiger partial charge in [0.25, 0.3) is 0 Å². The number of hydrogen-bond acceptors (Lipinski definition) is 0. The van der Waals surface area contributed by atoms with Crippen LogP contribution in [-0.2, 0) is 0 Å². The van der Waals surface area contributed by atoms with Crippen LogP contribution in [-0.4, -0.2) is 0 Å². The van der Waals surface area contributed by atoms with Crippen molar-refractivity contribution >= 4 is 0 Å². The van der Waals surface area contributed by atoms with Crippen molar-refractivity contribution in [2.75, 3.05) is 0 Å². The molecule has 0 bridgehead atoms. The van der Waals surface area contributed by atoms with Gasteiger partial charge < -0.3 is 0 Å². The molecule has 0 atom stereocenters. The minimum atomic E-state index is 0.597. The van der Waals surface area contributed by atoms with Crippen LogP contribution in [0.4, 0.5) is 0 Å². The lowest BCUT2D eigenvalue weighted by atomic mass is 10.2. The lowest BCUT2D eigenvalue weighted by Crippen LogP contribution is -1.76. The minimum Gasteiger partial charge on any atom is -0.0811 e. The molecule has 0 aromatic carbocycles. The first-order chi connectivity index (χ1) is 3.27. The van der Waals surface area contributed by atoms with Crippen LogP contribution in [0, 0.1) is 12.0 Å². The van der Waals surface area contributed by atoms with Crippen molar-refractivity contribution in [2.45, 2.75) is 27.2 Å². The summed E-state index contributed by atoms with van der Waals surface area (Å²) >= 11 is 0. The Morgan fingerprint density at radius 1 is 1.57 bits per heavy atom. The maximum atomic E-state index is 3.17. The Kier molecular flexibility index (Phi) is 3.77. The maximum absolute atomic E-state index is 3.17. The van der Waals surface area contributed by atoms with Crippen molar-refractivity contribution in [3.63, 3.8) is 0 Å². The second-order valence-corrected chi connectivity index (χ2v) is 1.93. The molecule has 0 unspecified atom stereocenters. The van der Waals surface area contributed by atoms with Gasteiger partial charge in [-0.2, -0.15) is 0 Å². The number of rotatable bonds is 2. The largest absolute Gasteiger partial charge is 0.0811 e. The van der Waals surface area contributed by atoms with E-state index in [1.807, 2.05) is 0 Å². The molecular weight excluding hydrogens is 84.1 g/mol. The molecule has 0 fully saturated rings. The van der Waals surface area contributed by atoms with Gasteiger partial charge in [-0.3, -0.25) is 0 Å². The summed E-state index contributed by atoms with van der Waals surface area (Å²) in [5.74, 6) is 0.597. The van der Waals surface area contributed by atoms with E-state index in [9.17, 15) is 0 Å². The van der Waals surface area contributed by atoms with E-state index in [4.69, 9.17) is 0 Å². The molecule has 0 aliphatic carbocycles. The molecule has 0 saturated carbocycles. The summed E-state index contributed by atoms with van der Waals surface area (Å²) in [6.07, 6.45) is 6.35. The highest BCUT2D eigenvalue weighted by molar-refractivity contribution is 4.73. The summed E-state index contributed by atoms with van der Waals surface area (Å²) in [5, 5.41) is 0. The zero-order chi connectivity index (χ0) is 5.70. The highest BCUT2D eigenvalue weighted by Gasteiger charge is 1.79. The van der Waals surface area contributed by atoms with E-state index in [1.54, 1.807) is 0 Å². The average molecular weight is 97.2 g/mol. The third kappa shape index (κ3) is 5.74. The quantitative estimate of drug-likeness (QED) is 0.496. The minimum absolute atomic E-state index is 0.597. The molecular formula is C7H13. The fraction of sp³-hybridized carbons (Fsp3) is 0.714. The van der Waals surface area contributed by atoms with Crippen LogP contribution in [0.3, 0.4) is 0 Å². The highest BCUT2D eigenvalue weighted by Crippen LogP contribution is 1.91. The van der Waals surface area contributed by atoms with E-state index in [0.29, 0.717) is 5.92 Å². The normalized spacial score (nSPS) is 11.4. The summed E-state index contributed by atoms with van der Waals surface area (Å²) in [6.45, 7) is 6.38. The monoisotopic (exact) mass is 97.1 g/mol. The average Bonchev–Trinajstić information content (AvgIpc) is 1.61. The Hall–Kier alpha value is -0.260. The fourth-order valence-corrected chi connectivity index (χ4v) is 0.354. The summed E-state index contributed by atoms with van der Waals surface area (Å²) in [6, 6.07) is 0. The Morgan fingerprint density at radius 3 is 2.29 bits per heavy atom. The van der Waals surface area contributed by atoms with Crippen molar-refractivity contribution in [2.24, 2.45) is 5.92 Å². The van der Waals surface area contributed by atoms with Gasteiger partial charge in [0.05, 0.1) is 0 Å². The summed E-state index contributed by atoms with van der Waals surface area (Å²) in [7, 11) is 0. The molecule has 1 radical (unpaired) electrons. The third-order valence-corrected chi connectivity index (χ3v) is 0.655. The maximum Gasteiger partial charge on any atom is -0.0219 e. The molecule has 0 aromatic heterocycles. The molecule has 0 rings (SSSR count). The predicted octanol–water partition coefficient (Wildman–Crippen LogP) is 2.41. The van der Waals surface area contributed by atoms with Crippen LogP contribution in [0.5, 0.6) is 0 Å². The van der Waals surface area contributed by atoms with Gasteiger partial charge in [0.1, 0.15) is 0 Å². The van der Waals surface area contributed by atoms with E-state index in [1.165, 1.54) is 0 Å². The molecule has 0 nitrogen and oxygen atoms in total. The van der Waals surface area contributed by atoms with E-state index in [-0.39, 0.29) is 0 Å². The van der Waals surface area contributed by atoms with Gasteiger partial charge >= 0.3 is 0 Å². The van der Waals surface area contributed by atoms with E-state index >= 15 is 0 Å². The Balaban J connectivity index is 3.08. The summed E-state index contributed by atoms with van der Waals surface area (Å²) < 4.78 is 0. The highest BCUT2D eigenvalue weighted by atomic mass is 13.8. The first-order valence-corrected chi connectivity index (χ1v) is 2.85. The van der Waals surface area contributed by atoms with Gasteiger partial charge in [-0.15, -0.1) is 0 Å². The van der Waals surface area contributed by atoms with Crippen LogP contribution in [0.2, 0.25) is 0 Å². The van der Waals surface area contributed by atoms with Gasteiger partial charge in [-0.05, 0) is 18.4 Å². The van der Waals surface area contributed by atoms with E-state index in [0.717, 1.165) is 6.42 Å². The van der Waals surface area contributed by atoms with Gasteiger partial charge in [-0.25, -0.2) is 0 Å². The Labute approximate surface area is 46.2 Å². The molecule has 0 spiro atoms. The lowest BCUT2D eigenvalue weighted by molar-refractivity contribution is 0.800. The fourth-order valence-electron chi connectivity index (χ4n) is 0.354. The molecule has 0 aliphatic rings. The third-order valence-electron chi connectivity index (χ3n) is 0.655. The molecule has 0 aliphatic heterocycles. The number of allylic oxidation sites excluding steroid dienone is 2.